The molecule has 0 aliphatic heterocycles. The van der Waals surface area contributed by atoms with Crippen molar-refractivity contribution >= 4 is 18.5 Å². The van der Waals surface area contributed by atoms with E-state index >= 15 is 0 Å². The van der Waals surface area contributed by atoms with Crippen molar-refractivity contribution in [3.8, 4) is 0 Å². The lowest BCUT2D eigenvalue weighted by molar-refractivity contribution is 0.632. The summed E-state index contributed by atoms with van der Waals surface area (Å²) in [5.41, 5.74) is 1.03. The molecule has 0 N–H and O–H groups in total. The lowest BCUT2D eigenvalue weighted by Gasteiger charge is -1.91. The quantitative estimate of drug-likeness (QED) is 0.627. The lowest BCUT2D eigenvalue weighted by Crippen LogP contribution is -1.98. The van der Waals surface area contributed by atoms with Gasteiger partial charge in [-0.25, -0.2) is 0 Å². The second-order valence-corrected chi connectivity index (χ2v) is 2.95. The van der Waals surface area contributed by atoms with E-state index in [4.69, 9.17) is 0 Å². The van der Waals surface area contributed by atoms with Gasteiger partial charge in [0.1, 0.15) is 0 Å². The van der Waals surface area contributed by atoms with Gasteiger partial charge < -0.3 is 0 Å². The zero-order valence-corrected chi connectivity index (χ0v) is 8.00. The highest BCUT2D eigenvalue weighted by atomic mass is 31.0. The molecule has 1 rings (SSSR count). The van der Waals surface area contributed by atoms with Crippen molar-refractivity contribution in [2.75, 3.05) is 6.16 Å². The first kappa shape index (κ1) is 8.10. The summed E-state index contributed by atoms with van der Waals surface area (Å²) in [6.45, 7) is 0.933. The normalized spacial score (nSPS) is 10.2. The summed E-state index contributed by atoms with van der Waals surface area (Å²) in [4.78, 5) is 0. The van der Waals surface area contributed by atoms with Crippen LogP contribution in [0.25, 0.3) is 0 Å². The standard InChI is InChI=1S/C5H11N3P2/c9-2-1-8-3-5(4-10)6-7-8/h3H,1-2,4,9-10H2. The summed E-state index contributed by atoms with van der Waals surface area (Å²) in [7, 11) is 5.28. The molecule has 0 bridgehead atoms. The Bertz CT molecular complexity index is 199. The zero-order valence-electron chi connectivity index (χ0n) is 5.70. The second-order valence-electron chi connectivity index (χ2n) is 1.97. The molecule has 0 aliphatic rings. The van der Waals surface area contributed by atoms with E-state index in [0.29, 0.717) is 0 Å². The van der Waals surface area contributed by atoms with Gasteiger partial charge in [0.15, 0.2) is 0 Å². The molecule has 1 heterocycles. The molecule has 0 saturated carbocycles. The Balaban J connectivity index is 2.59. The van der Waals surface area contributed by atoms with Crippen LogP contribution in [0.15, 0.2) is 6.20 Å². The highest BCUT2D eigenvalue weighted by molar-refractivity contribution is 7.16. The molecule has 1 aromatic heterocycles. The van der Waals surface area contributed by atoms with Crippen LogP contribution in [0.3, 0.4) is 0 Å². The minimum Gasteiger partial charge on any atom is -0.252 e. The monoisotopic (exact) mass is 175 g/mol. The first-order valence-corrected chi connectivity index (χ1v) is 4.79. The van der Waals surface area contributed by atoms with Gasteiger partial charge in [0.05, 0.1) is 5.69 Å². The maximum absolute atomic E-state index is 3.94. The van der Waals surface area contributed by atoms with Crippen LogP contribution in [0.2, 0.25) is 0 Å². The van der Waals surface area contributed by atoms with Crippen molar-refractivity contribution in [1.29, 1.82) is 0 Å². The third-order valence-electron chi connectivity index (χ3n) is 1.15. The first-order valence-electron chi connectivity index (χ1n) is 3.16. The molecule has 3 nitrogen and oxygen atoms in total. The average Bonchev–Trinajstić information content (AvgIpc) is 2.37. The van der Waals surface area contributed by atoms with Crippen LogP contribution in [0.4, 0.5) is 0 Å². The van der Waals surface area contributed by atoms with Gasteiger partial charge in [-0.2, -0.15) is 0 Å². The van der Waals surface area contributed by atoms with Crippen molar-refractivity contribution in [2.45, 2.75) is 12.7 Å². The Labute approximate surface area is 65.0 Å². The number of hydrogen-bond acceptors (Lipinski definition) is 2. The van der Waals surface area contributed by atoms with Crippen LogP contribution in [-0.2, 0) is 12.7 Å². The molecule has 0 aliphatic carbocycles. The Hall–Kier alpha value is -0.0000000000000000555. The van der Waals surface area contributed by atoms with E-state index in [1.165, 1.54) is 0 Å². The van der Waals surface area contributed by atoms with Gasteiger partial charge in [-0.3, -0.25) is 4.68 Å². The molecule has 0 spiro atoms. The molecular weight excluding hydrogens is 164 g/mol. The van der Waals surface area contributed by atoms with Crippen LogP contribution in [0, 0.1) is 0 Å². The van der Waals surface area contributed by atoms with Crippen LogP contribution in [0.1, 0.15) is 5.69 Å². The fourth-order valence-corrected chi connectivity index (χ4v) is 1.13. The summed E-state index contributed by atoms with van der Waals surface area (Å²) in [6, 6.07) is 0. The minimum atomic E-state index is 0.886. The van der Waals surface area contributed by atoms with Gasteiger partial charge in [0.25, 0.3) is 0 Å². The van der Waals surface area contributed by atoms with Crippen molar-refractivity contribution in [3.05, 3.63) is 11.9 Å². The number of aromatic nitrogens is 3. The largest absolute Gasteiger partial charge is 0.252 e. The zero-order chi connectivity index (χ0) is 7.40. The van der Waals surface area contributed by atoms with E-state index in [1.54, 1.807) is 0 Å². The van der Waals surface area contributed by atoms with Gasteiger partial charge in [-0.05, 0) is 6.16 Å². The summed E-state index contributed by atoms with van der Waals surface area (Å²) in [5.74, 6) is 0. The number of aryl methyl sites for hydroxylation is 1. The number of hydrogen-bond donors (Lipinski definition) is 0. The Morgan fingerprint density at radius 1 is 1.50 bits per heavy atom. The highest BCUT2D eigenvalue weighted by Gasteiger charge is 1.94. The highest BCUT2D eigenvalue weighted by Crippen LogP contribution is 1.99. The molecule has 0 radical (unpaired) electrons. The molecule has 56 valence electrons. The fraction of sp³-hybridized carbons (Fsp3) is 0.600. The Morgan fingerprint density at radius 3 is 2.80 bits per heavy atom. The van der Waals surface area contributed by atoms with E-state index in [9.17, 15) is 0 Å². The van der Waals surface area contributed by atoms with Crippen LogP contribution in [-0.4, -0.2) is 21.2 Å². The summed E-state index contributed by atoms with van der Waals surface area (Å²) < 4.78 is 1.85. The van der Waals surface area contributed by atoms with Crippen molar-refractivity contribution in [1.82, 2.24) is 15.0 Å². The Kier molecular flexibility index (Phi) is 3.24. The van der Waals surface area contributed by atoms with Crippen molar-refractivity contribution < 1.29 is 0 Å². The summed E-state index contributed by atoms with van der Waals surface area (Å²) in [6.07, 6.45) is 3.88. The number of rotatable bonds is 3. The molecule has 0 fully saturated rings. The van der Waals surface area contributed by atoms with E-state index in [0.717, 1.165) is 24.6 Å². The van der Waals surface area contributed by atoms with Gasteiger partial charge in [-0.15, -0.1) is 23.6 Å². The molecule has 2 unspecified atom stereocenters. The molecule has 2 atom stereocenters. The molecule has 0 saturated heterocycles. The maximum Gasteiger partial charge on any atom is 0.0864 e. The first-order chi connectivity index (χ1) is 4.86. The lowest BCUT2D eigenvalue weighted by atomic mass is 10.5. The second kappa shape index (κ2) is 4.00. The van der Waals surface area contributed by atoms with Gasteiger partial charge >= 0.3 is 0 Å². The molecule has 0 aromatic carbocycles. The maximum atomic E-state index is 3.94. The number of nitrogens with zero attached hydrogens (tertiary/aromatic N) is 3. The van der Waals surface area contributed by atoms with Gasteiger partial charge in [0.2, 0.25) is 0 Å². The minimum absolute atomic E-state index is 0.886. The van der Waals surface area contributed by atoms with Crippen LogP contribution >= 0.6 is 18.5 Å². The summed E-state index contributed by atoms with van der Waals surface area (Å²) in [5, 5.41) is 7.85. The van der Waals surface area contributed by atoms with E-state index in [2.05, 4.69) is 28.8 Å². The topological polar surface area (TPSA) is 30.7 Å². The molecule has 10 heavy (non-hydrogen) atoms. The van der Waals surface area contributed by atoms with E-state index in [1.807, 2.05) is 10.9 Å². The van der Waals surface area contributed by atoms with E-state index < -0.39 is 0 Å². The average molecular weight is 175 g/mol. The molecule has 1 aromatic rings. The van der Waals surface area contributed by atoms with Crippen molar-refractivity contribution in [3.63, 3.8) is 0 Å². The predicted octanol–water partition coefficient (Wildman–Crippen LogP) is 0.528. The third kappa shape index (κ3) is 2.00. The smallest absolute Gasteiger partial charge is 0.0864 e. The Morgan fingerprint density at radius 2 is 2.30 bits per heavy atom. The van der Waals surface area contributed by atoms with Crippen molar-refractivity contribution in [2.24, 2.45) is 0 Å². The molecule has 0 amide bonds. The van der Waals surface area contributed by atoms with Gasteiger partial charge in [-0.1, -0.05) is 5.21 Å². The SMILES string of the molecule is PCCn1cc(CP)nn1. The fourth-order valence-electron chi connectivity index (χ4n) is 0.674. The van der Waals surface area contributed by atoms with Crippen LogP contribution < -0.4 is 0 Å². The van der Waals surface area contributed by atoms with E-state index in [-0.39, 0.29) is 0 Å². The molecule has 5 heteroatoms. The van der Waals surface area contributed by atoms with Gasteiger partial charge in [0, 0.05) is 18.9 Å². The third-order valence-corrected chi connectivity index (χ3v) is 1.83. The van der Waals surface area contributed by atoms with Crippen LogP contribution in [0.5, 0.6) is 0 Å². The molecular formula is C5H11N3P2. The predicted molar refractivity (Wildman–Crippen MR) is 48.0 cm³/mol. The summed E-state index contributed by atoms with van der Waals surface area (Å²) >= 11 is 0.